The van der Waals surface area contributed by atoms with Crippen molar-refractivity contribution in [3.05, 3.63) is 63.3 Å². The van der Waals surface area contributed by atoms with Crippen LogP contribution in [-0.2, 0) is 15.3 Å². The number of hydrogen-bond donors (Lipinski definition) is 2. The molecule has 1 fully saturated rings. The first kappa shape index (κ1) is 22.6. The van der Waals surface area contributed by atoms with E-state index in [1.807, 2.05) is 24.3 Å². The molecule has 2 N–H and O–H groups in total. The van der Waals surface area contributed by atoms with Crippen LogP contribution >= 0.6 is 15.9 Å². The van der Waals surface area contributed by atoms with Crippen molar-refractivity contribution in [2.24, 2.45) is 5.92 Å². The van der Waals surface area contributed by atoms with Crippen molar-refractivity contribution < 1.29 is 17.9 Å². The molecule has 2 heterocycles. The zero-order chi connectivity index (χ0) is 23.5. The van der Waals surface area contributed by atoms with Crippen molar-refractivity contribution in [2.45, 2.75) is 37.5 Å². The van der Waals surface area contributed by atoms with E-state index < -0.39 is 20.7 Å². The average Bonchev–Trinajstić information content (AvgIpc) is 3.16. The summed E-state index contributed by atoms with van der Waals surface area (Å²) in [6.45, 7) is 5.72. The van der Waals surface area contributed by atoms with E-state index in [2.05, 4.69) is 40.1 Å². The van der Waals surface area contributed by atoms with Crippen LogP contribution in [-0.4, -0.2) is 44.0 Å². The summed E-state index contributed by atoms with van der Waals surface area (Å²) in [5, 5.41) is 4.17. The van der Waals surface area contributed by atoms with Crippen molar-refractivity contribution in [3.8, 4) is 5.75 Å². The van der Waals surface area contributed by atoms with Gasteiger partial charge in [0, 0.05) is 44.2 Å². The number of sulfone groups is 1. The summed E-state index contributed by atoms with van der Waals surface area (Å²) in [6.07, 6.45) is 2.74. The summed E-state index contributed by atoms with van der Waals surface area (Å²) in [6, 6.07) is 11.2. The Kier molecular flexibility index (Phi) is 5.46. The van der Waals surface area contributed by atoms with Gasteiger partial charge in [-0.25, -0.2) is 8.42 Å². The molecule has 6 nitrogen and oxygen atoms in total. The van der Waals surface area contributed by atoms with E-state index in [1.54, 1.807) is 12.1 Å². The molecule has 3 aromatic rings. The second-order valence-electron chi connectivity index (χ2n) is 9.63. The SMILES string of the molecule is CC1(C)c2cc(OC(C3CCNCC3)S(C)(=O)=O)ccc2C(=O)c2c1[nH]c1cc(Br)ccc21. The third-order valence-corrected chi connectivity index (χ3v) is 8.78. The van der Waals surface area contributed by atoms with Crippen LogP contribution in [0.3, 0.4) is 0 Å². The number of fused-ring (bicyclic) bond motifs is 4. The monoisotopic (exact) mass is 530 g/mol. The average molecular weight is 531 g/mol. The van der Waals surface area contributed by atoms with Crippen LogP contribution in [0.1, 0.15) is 53.9 Å². The molecule has 0 bridgehead atoms. The lowest BCUT2D eigenvalue weighted by atomic mass is 9.71. The van der Waals surface area contributed by atoms with Crippen LogP contribution in [0.15, 0.2) is 40.9 Å². The normalized spacial score (nSPS) is 19.2. The van der Waals surface area contributed by atoms with Gasteiger partial charge in [0.15, 0.2) is 15.6 Å². The molecule has 1 unspecified atom stereocenters. The van der Waals surface area contributed by atoms with Crippen LogP contribution in [0.5, 0.6) is 5.75 Å². The molecule has 2 aromatic carbocycles. The van der Waals surface area contributed by atoms with Crippen molar-refractivity contribution in [1.29, 1.82) is 0 Å². The Labute approximate surface area is 202 Å². The molecule has 1 aliphatic carbocycles. The second kappa shape index (κ2) is 7.96. The molecule has 0 amide bonds. The number of carbonyl (C=O) groups excluding carboxylic acids is 1. The zero-order valence-corrected chi connectivity index (χ0v) is 21.3. The number of hydrogen-bond acceptors (Lipinski definition) is 5. The van der Waals surface area contributed by atoms with Gasteiger partial charge in [-0.1, -0.05) is 35.8 Å². The molecular formula is C25H27BrN2O4S. The van der Waals surface area contributed by atoms with Gasteiger partial charge in [-0.2, -0.15) is 0 Å². The quantitative estimate of drug-likeness (QED) is 0.516. The maximum absolute atomic E-state index is 13.5. The number of piperidine rings is 1. The Morgan fingerprint density at radius 2 is 1.85 bits per heavy atom. The largest absolute Gasteiger partial charge is 0.474 e. The smallest absolute Gasteiger partial charge is 0.201 e. The number of rotatable bonds is 4. The first-order chi connectivity index (χ1) is 15.6. The van der Waals surface area contributed by atoms with Gasteiger partial charge >= 0.3 is 0 Å². The molecular weight excluding hydrogens is 504 g/mol. The van der Waals surface area contributed by atoms with Crippen LogP contribution in [0.25, 0.3) is 10.9 Å². The summed E-state index contributed by atoms with van der Waals surface area (Å²) in [5.74, 6) is 0.383. The van der Waals surface area contributed by atoms with Crippen molar-refractivity contribution in [2.75, 3.05) is 19.3 Å². The minimum atomic E-state index is -3.42. The lowest BCUT2D eigenvalue weighted by Gasteiger charge is -2.33. The van der Waals surface area contributed by atoms with E-state index in [-0.39, 0.29) is 11.7 Å². The van der Waals surface area contributed by atoms with Crippen LogP contribution in [0.4, 0.5) is 0 Å². The molecule has 0 radical (unpaired) electrons. The first-order valence-electron chi connectivity index (χ1n) is 11.1. The molecule has 1 saturated heterocycles. The lowest BCUT2D eigenvalue weighted by molar-refractivity contribution is 0.103. The van der Waals surface area contributed by atoms with Gasteiger partial charge in [-0.05, 0) is 61.8 Å². The van der Waals surface area contributed by atoms with Crippen LogP contribution in [0, 0.1) is 5.92 Å². The van der Waals surface area contributed by atoms with E-state index >= 15 is 0 Å². The fourth-order valence-corrected chi connectivity index (χ4v) is 6.86. The first-order valence-corrected chi connectivity index (χ1v) is 13.9. The van der Waals surface area contributed by atoms with Crippen molar-refractivity contribution in [1.82, 2.24) is 10.3 Å². The Morgan fingerprint density at radius 1 is 1.12 bits per heavy atom. The number of nitrogens with one attached hydrogen (secondary N) is 2. The number of aromatic amines is 1. The highest BCUT2D eigenvalue weighted by Crippen LogP contribution is 2.45. The van der Waals surface area contributed by atoms with Gasteiger partial charge < -0.3 is 15.0 Å². The van der Waals surface area contributed by atoms with E-state index in [4.69, 9.17) is 4.74 Å². The number of aromatic nitrogens is 1. The standard InChI is InChI=1S/C25H27BrN2O4S/c1-25(2)19-13-16(32-24(33(3,30)31)14-8-10-27-11-9-14)5-7-17(19)22(29)21-18-6-4-15(26)12-20(18)28-23(21)25/h4-7,12-14,24,27-28H,8-11H2,1-3H3. The summed E-state index contributed by atoms with van der Waals surface area (Å²) in [5.41, 5.74) is 2.54. The Balaban J connectivity index is 1.57. The highest BCUT2D eigenvalue weighted by atomic mass is 79.9. The lowest BCUT2D eigenvalue weighted by Crippen LogP contribution is -2.41. The third-order valence-electron chi connectivity index (χ3n) is 6.96. The minimum absolute atomic E-state index is 0.0301. The molecule has 8 heteroatoms. The maximum Gasteiger partial charge on any atom is 0.201 e. The molecule has 2 aliphatic rings. The van der Waals surface area contributed by atoms with E-state index in [1.165, 1.54) is 6.26 Å². The van der Waals surface area contributed by atoms with E-state index in [0.717, 1.165) is 52.6 Å². The van der Waals surface area contributed by atoms with Crippen molar-refractivity contribution >= 4 is 42.5 Å². The van der Waals surface area contributed by atoms with Gasteiger partial charge in [0.2, 0.25) is 5.44 Å². The maximum atomic E-state index is 13.5. The zero-order valence-electron chi connectivity index (χ0n) is 18.9. The fourth-order valence-electron chi connectivity index (χ4n) is 5.24. The number of carbonyl (C=O) groups is 1. The molecule has 1 aliphatic heterocycles. The van der Waals surface area contributed by atoms with Gasteiger partial charge in [-0.3, -0.25) is 4.79 Å². The molecule has 5 rings (SSSR count). The van der Waals surface area contributed by atoms with E-state index in [9.17, 15) is 13.2 Å². The summed E-state index contributed by atoms with van der Waals surface area (Å²) in [7, 11) is -3.42. The fraction of sp³-hybridized carbons (Fsp3) is 0.400. The Bertz CT molecular complexity index is 1370. The molecule has 1 aromatic heterocycles. The molecule has 1 atom stereocenters. The van der Waals surface area contributed by atoms with Crippen LogP contribution in [0.2, 0.25) is 0 Å². The predicted molar refractivity (Wildman–Crippen MR) is 133 cm³/mol. The van der Waals surface area contributed by atoms with Gasteiger partial charge in [0.05, 0.1) is 5.56 Å². The van der Waals surface area contributed by atoms with Gasteiger partial charge in [-0.15, -0.1) is 0 Å². The van der Waals surface area contributed by atoms with Crippen molar-refractivity contribution in [3.63, 3.8) is 0 Å². The Morgan fingerprint density at radius 3 is 2.55 bits per heavy atom. The second-order valence-corrected chi connectivity index (χ2v) is 12.7. The van der Waals surface area contributed by atoms with Crippen LogP contribution < -0.4 is 10.1 Å². The summed E-state index contributed by atoms with van der Waals surface area (Å²) < 4.78 is 32.2. The minimum Gasteiger partial charge on any atom is -0.474 e. The summed E-state index contributed by atoms with van der Waals surface area (Å²) >= 11 is 3.50. The highest BCUT2D eigenvalue weighted by Gasteiger charge is 2.40. The molecule has 0 saturated carbocycles. The van der Waals surface area contributed by atoms with Gasteiger partial charge in [0.1, 0.15) is 5.75 Å². The molecule has 33 heavy (non-hydrogen) atoms. The Hall–Kier alpha value is -2.16. The highest BCUT2D eigenvalue weighted by molar-refractivity contribution is 9.10. The predicted octanol–water partition coefficient (Wildman–Crippen LogP) is 4.55. The number of ether oxygens (including phenoxy) is 1. The topological polar surface area (TPSA) is 88.3 Å². The number of ketones is 1. The number of H-pyrrole nitrogens is 1. The molecule has 0 spiro atoms. The third kappa shape index (κ3) is 3.82. The van der Waals surface area contributed by atoms with Gasteiger partial charge in [0.25, 0.3) is 0 Å². The van der Waals surface area contributed by atoms with E-state index in [0.29, 0.717) is 16.9 Å². The number of halogens is 1. The molecule has 174 valence electrons. The summed E-state index contributed by atoms with van der Waals surface area (Å²) in [4.78, 5) is 17.0. The number of benzene rings is 2.